The fourth-order valence-corrected chi connectivity index (χ4v) is 9.05. The smallest absolute Gasteiger partial charge is 0.337 e. The molecule has 2 aromatic heterocycles. The quantitative estimate of drug-likeness (QED) is 0.317. The number of halogens is 1. The fourth-order valence-electron chi connectivity index (χ4n) is 9.05. The number of nitrogens with one attached hydrogen (secondary N) is 1. The van der Waals surface area contributed by atoms with Gasteiger partial charge in [-0.05, 0) is 114 Å². The van der Waals surface area contributed by atoms with Crippen LogP contribution in [0.3, 0.4) is 0 Å². The molecule has 3 atom stereocenters. The Kier molecular flexibility index (Phi) is 7.43. The van der Waals surface area contributed by atoms with Crippen LogP contribution in [0.5, 0.6) is 5.75 Å². The maximum absolute atomic E-state index is 15.6. The average Bonchev–Trinajstić information content (AvgIpc) is 3.41. The van der Waals surface area contributed by atoms with Gasteiger partial charge in [-0.15, -0.1) is 0 Å². The van der Waals surface area contributed by atoms with Gasteiger partial charge in [0.2, 0.25) is 0 Å². The van der Waals surface area contributed by atoms with Gasteiger partial charge in [0.15, 0.2) is 29.0 Å². The highest BCUT2D eigenvalue weighted by Gasteiger charge is 2.55. The van der Waals surface area contributed by atoms with Crippen LogP contribution in [0.25, 0.3) is 16.9 Å². The van der Waals surface area contributed by atoms with Crippen molar-refractivity contribution >= 4 is 17.5 Å². The molecule has 3 aromatic rings. The van der Waals surface area contributed by atoms with Gasteiger partial charge in [0.1, 0.15) is 0 Å². The second-order valence-corrected chi connectivity index (χ2v) is 15.1. The van der Waals surface area contributed by atoms with Crippen LogP contribution < -0.4 is 10.1 Å². The molecule has 4 bridgehead atoms. The molecular weight excluding hydrogens is 591 g/mol. The Morgan fingerprint density at radius 3 is 2.59 bits per heavy atom. The molecule has 4 fully saturated rings. The van der Waals surface area contributed by atoms with Crippen LogP contribution in [0.2, 0.25) is 0 Å². The number of hydrogen-bond donors (Lipinski definition) is 3. The molecule has 246 valence electrons. The van der Waals surface area contributed by atoms with Crippen molar-refractivity contribution in [1.29, 1.82) is 0 Å². The lowest BCUT2D eigenvalue weighted by Crippen LogP contribution is -2.56. The van der Waals surface area contributed by atoms with E-state index in [1.54, 1.807) is 33.8 Å². The van der Waals surface area contributed by atoms with Crippen LogP contribution in [0.1, 0.15) is 98.3 Å². The van der Waals surface area contributed by atoms with Gasteiger partial charge < -0.3 is 25.0 Å². The number of rotatable bonds is 7. The predicted octanol–water partition coefficient (Wildman–Crippen LogP) is 5.34. The van der Waals surface area contributed by atoms with Crippen LogP contribution in [0.15, 0.2) is 12.1 Å². The number of aliphatic carboxylic acids is 1. The van der Waals surface area contributed by atoms with Gasteiger partial charge in [-0.25, -0.2) is 18.7 Å². The highest BCUT2D eigenvalue weighted by Crippen LogP contribution is 2.59. The molecule has 5 aliphatic rings. The number of carboxylic acid groups (broad SMARTS) is 1. The number of amides is 1. The molecule has 3 N–H and O–H groups in total. The van der Waals surface area contributed by atoms with E-state index in [1.165, 1.54) is 10.6 Å². The van der Waals surface area contributed by atoms with Gasteiger partial charge in [-0.2, -0.15) is 5.10 Å². The van der Waals surface area contributed by atoms with Crippen LogP contribution in [-0.2, 0) is 16.0 Å². The first kappa shape index (κ1) is 31.1. The Morgan fingerprint density at radius 1 is 1.20 bits per heavy atom. The standard InChI is InChI=1S/C35H43FN4O6/c1-17-22-7-6-8-45-30(22)24(36)11-23(17)28-27(31(33(43)44)46-34(3,4)5)18(2)38-26-12-25(39-40(26)28)32(42)37-16-35-13-19-9-20(14-35)29(41)21(10-19)15-35/h11-12,19-21,29,31,41H,6-10,13-16H2,1-5H3,(H,37,42)(H,43,44)/t19-,20-,21-,29-,31+,35+/m1/s1. The third-order valence-electron chi connectivity index (χ3n) is 10.7. The molecule has 4 saturated carbocycles. The van der Waals surface area contributed by atoms with E-state index in [4.69, 9.17) is 14.5 Å². The second-order valence-electron chi connectivity index (χ2n) is 15.1. The lowest BCUT2D eigenvalue weighted by Gasteiger charge is -2.58. The first-order chi connectivity index (χ1) is 21.7. The van der Waals surface area contributed by atoms with Gasteiger partial charge in [-0.3, -0.25) is 4.79 Å². The topological polar surface area (TPSA) is 135 Å². The number of nitrogens with zero attached hydrogens (tertiary/aromatic N) is 3. The Labute approximate surface area is 267 Å². The number of carboxylic acids is 1. The molecule has 0 spiro atoms. The number of carbonyl (C=O) groups excluding carboxylic acids is 1. The average molecular weight is 635 g/mol. The van der Waals surface area contributed by atoms with Gasteiger partial charge in [0, 0.05) is 35.0 Å². The number of ether oxygens (including phenoxy) is 2. The lowest BCUT2D eigenvalue weighted by molar-refractivity contribution is -0.160. The number of carbonyl (C=O) groups is 2. The molecule has 1 amide bonds. The van der Waals surface area contributed by atoms with E-state index in [1.807, 2.05) is 6.92 Å². The minimum absolute atomic E-state index is 0.0173. The summed E-state index contributed by atoms with van der Waals surface area (Å²) in [7, 11) is 0. The molecule has 0 unspecified atom stereocenters. The number of hydrogen-bond acceptors (Lipinski definition) is 7. The molecule has 11 heteroatoms. The van der Waals surface area contributed by atoms with Crippen LogP contribution in [0.4, 0.5) is 4.39 Å². The van der Waals surface area contributed by atoms with Crippen molar-refractivity contribution in [3.05, 3.63) is 46.0 Å². The molecule has 3 heterocycles. The van der Waals surface area contributed by atoms with E-state index in [0.29, 0.717) is 59.9 Å². The lowest BCUT2D eigenvalue weighted by atomic mass is 9.48. The molecule has 4 aliphatic carbocycles. The molecule has 0 saturated heterocycles. The molecule has 0 radical (unpaired) electrons. The first-order valence-electron chi connectivity index (χ1n) is 16.5. The van der Waals surface area contributed by atoms with Crippen molar-refractivity contribution in [2.75, 3.05) is 13.2 Å². The minimum atomic E-state index is -1.44. The number of fused-ring (bicyclic) bond motifs is 2. The zero-order valence-electron chi connectivity index (χ0n) is 27.2. The zero-order chi connectivity index (χ0) is 32.7. The first-order valence-corrected chi connectivity index (χ1v) is 16.5. The monoisotopic (exact) mass is 634 g/mol. The summed E-state index contributed by atoms with van der Waals surface area (Å²) in [5.41, 5.74) is 2.49. The Bertz CT molecular complexity index is 1730. The van der Waals surface area contributed by atoms with E-state index in [2.05, 4.69) is 10.4 Å². The van der Waals surface area contributed by atoms with Crippen molar-refractivity contribution in [2.24, 2.45) is 23.2 Å². The zero-order valence-corrected chi connectivity index (χ0v) is 27.2. The maximum atomic E-state index is 15.6. The minimum Gasteiger partial charge on any atom is -0.490 e. The van der Waals surface area contributed by atoms with Crippen LogP contribution >= 0.6 is 0 Å². The Balaban J connectivity index is 1.32. The van der Waals surface area contributed by atoms with E-state index < -0.39 is 23.5 Å². The number of aliphatic hydroxyl groups is 1. The van der Waals surface area contributed by atoms with Gasteiger partial charge in [0.25, 0.3) is 5.91 Å². The van der Waals surface area contributed by atoms with Crippen LogP contribution in [0, 0.1) is 42.8 Å². The summed E-state index contributed by atoms with van der Waals surface area (Å²) in [5, 5.41) is 28.9. The molecular formula is C35H43FN4O6. The van der Waals surface area contributed by atoms with Gasteiger partial charge in [-0.1, -0.05) is 0 Å². The summed E-state index contributed by atoms with van der Waals surface area (Å²) in [6.07, 6.45) is 4.70. The third-order valence-corrected chi connectivity index (χ3v) is 10.7. The molecule has 10 nitrogen and oxygen atoms in total. The summed E-state index contributed by atoms with van der Waals surface area (Å²) in [6.45, 7) is 9.81. The van der Waals surface area contributed by atoms with Crippen molar-refractivity contribution in [3.8, 4) is 17.0 Å². The summed E-state index contributed by atoms with van der Waals surface area (Å²) in [6, 6.07) is 2.95. The summed E-state index contributed by atoms with van der Waals surface area (Å²) < 4.78 is 28.8. The number of aliphatic hydroxyl groups excluding tert-OH is 1. The van der Waals surface area contributed by atoms with Crippen molar-refractivity contribution in [3.63, 3.8) is 0 Å². The highest BCUT2D eigenvalue weighted by molar-refractivity contribution is 5.93. The summed E-state index contributed by atoms with van der Waals surface area (Å²) in [5.74, 6) is -0.693. The van der Waals surface area contributed by atoms with E-state index in [9.17, 15) is 19.8 Å². The second kappa shape index (κ2) is 11.0. The number of benzene rings is 1. The predicted molar refractivity (Wildman–Crippen MR) is 167 cm³/mol. The van der Waals surface area contributed by atoms with Gasteiger partial charge in [0.05, 0.1) is 24.0 Å². The summed E-state index contributed by atoms with van der Waals surface area (Å²) in [4.78, 5) is 31.1. The maximum Gasteiger partial charge on any atom is 0.337 e. The Hall–Kier alpha value is -3.57. The highest BCUT2D eigenvalue weighted by atomic mass is 19.1. The van der Waals surface area contributed by atoms with E-state index >= 15 is 4.39 Å². The largest absolute Gasteiger partial charge is 0.490 e. The third kappa shape index (κ3) is 5.25. The molecule has 1 aliphatic heterocycles. The van der Waals surface area contributed by atoms with Crippen molar-refractivity contribution in [1.82, 2.24) is 19.9 Å². The number of aryl methyl sites for hydroxylation is 1. The van der Waals surface area contributed by atoms with Gasteiger partial charge >= 0.3 is 5.97 Å². The van der Waals surface area contributed by atoms with Crippen molar-refractivity contribution in [2.45, 2.75) is 97.4 Å². The Morgan fingerprint density at radius 2 is 1.91 bits per heavy atom. The van der Waals surface area contributed by atoms with Crippen molar-refractivity contribution < 1.29 is 33.7 Å². The normalized spacial score (nSPS) is 27.4. The van der Waals surface area contributed by atoms with E-state index in [-0.39, 0.29) is 34.4 Å². The van der Waals surface area contributed by atoms with E-state index in [0.717, 1.165) is 49.7 Å². The summed E-state index contributed by atoms with van der Waals surface area (Å²) >= 11 is 0. The number of aromatic nitrogens is 3. The molecule has 8 rings (SSSR count). The molecule has 46 heavy (non-hydrogen) atoms. The molecule has 1 aromatic carbocycles. The SMILES string of the molecule is Cc1nc2cc(C(=O)NC[C@]34C[C@H]5C[C@@H](C[C@H](C3)[C@H]5O)C4)nn2c(-c2cc(F)c3c(c2C)CCCO3)c1[C@H](OC(C)(C)C)C(=O)O. The van der Waals surface area contributed by atoms with Crippen LogP contribution in [-0.4, -0.2) is 61.5 Å². The fraction of sp³-hybridized carbons (Fsp3) is 0.600.